The molecule has 0 bridgehead atoms. The zero-order valence-corrected chi connectivity index (χ0v) is 18.1. The quantitative estimate of drug-likeness (QED) is 0.524. The van der Waals surface area contributed by atoms with Gasteiger partial charge in [0.2, 0.25) is 0 Å². The van der Waals surface area contributed by atoms with Gasteiger partial charge in [0.1, 0.15) is 6.29 Å². The van der Waals surface area contributed by atoms with Crippen molar-refractivity contribution in [3.05, 3.63) is 34.9 Å². The normalized spacial score (nSPS) is 38.5. The lowest BCUT2D eigenvalue weighted by molar-refractivity contribution is -0.119. The maximum Gasteiger partial charge on any atom is 0.163 e. The molecule has 0 saturated heterocycles. The van der Waals surface area contributed by atoms with Gasteiger partial charge in [-0.1, -0.05) is 37.1 Å². The second-order valence-corrected chi connectivity index (χ2v) is 10.1. The predicted octanol–water partition coefficient (Wildman–Crippen LogP) is 5.20. The number of hydrogen-bond acceptors (Lipinski definition) is 3. The summed E-state index contributed by atoms with van der Waals surface area (Å²) in [5.74, 6) is 0.201. The Morgan fingerprint density at radius 1 is 1.36 bits per heavy atom. The Balaban J connectivity index is 1.91. The molecule has 3 nitrogen and oxygen atoms in total. The van der Waals surface area contributed by atoms with Gasteiger partial charge in [-0.25, -0.2) is 0 Å². The van der Waals surface area contributed by atoms with E-state index < -0.39 is 5.60 Å². The third kappa shape index (κ3) is 3.58. The van der Waals surface area contributed by atoms with Crippen molar-refractivity contribution in [2.24, 2.45) is 29.1 Å². The molecule has 0 heterocycles. The van der Waals surface area contributed by atoms with Gasteiger partial charge in [0.15, 0.2) is 5.78 Å². The molecule has 1 N–H and O–H groups in total. The molecule has 3 heteroatoms. The molecule has 0 radical (unpaired) electrons. The van der Waals surface area contributed by atoms with Crippen molar-refractivity contribution in [3.8, 4) is 0 Å². The summed E-state index contributed by atoms with van der Waals surface area (Å²) in [6.07, 6.45) is 12.1. The average molecular weight is 385 g/mol. The highest BCUT2D eigenvalue weighted by Gasteiger charge is 2.57. The lowest BCUT2D eigenvalue weighted by atomic mass is 9.62. The summed E-state index contributed by atoms with van der Waals surface area (Å²) in [4.78, 5) is 24.3. The highest BCUT2D eigenvalue weighted by molar-refractivity contribution is 6.01. The second kappa shape index (κ2) is 7.74. The SMILES string of the molecule is CC(C)=CCC[C@H](C)[C@@]1(O)CC[C@]2(C)C[C@@H]3C(C)=CC(=O)[C@H]3C(C=O)=CC[C@H]21. The smallest absolute Gasteiger partial charge is 0.163 e. The fraction of sp³-hybridized carbons (Fsp3) is 0.680. The fourth-order valence-corrected chi connectivity index (χ4v) is 6.19. The maximum absolute atomic E-state index is 12.5. The highest BCUT2D eigenvalue weighted by atomic mass is 16.3. The van der Waals surface area contributed by atoms with Crippen molar-refractivity contribution >= 4 is 12.1 Å². The van der Waals surface area contributed by atoms with Gasteiger partial charge >= 0.3 is 0 Å². The van der Waals surface area contributed by atoms with E-state index in [9.17, 15) is 14.7 Å². The molecule has 6 atom stereocenters. The van der Waals surface area contributed by atoms with Gasteiger partial charge in [0.25, 0.3) is 0 Å². The summed E-state index contributed by atoms with van der Waals surface area (Å²) in [7, 11) is 0. The molecule has 1 fully saturated rings. The largest absolute Gasteiger partial charge is 0.389 e. The summed E-state index contributed by atoms with van der Waals surface area (Å²) in [6, 6.07) is 0. The van der Waals surface area contributed by atoms with Gasteiger partial charge < -0.3 is 5.11 Å². The first-order valence-electron chi connectivity index (χ1n) is 10.9. The van der Waals surface area contributed by atoms with Crippen LogP contribution in [-0.4, -0.2) is 22.8 Å². The van der Waals surface area contributed by atoms with E-state index in [1.54, 1.807) is 6.08 Å². The highest BCUT2D eigenvalue weighted by Crippen LogP contribution is 2.60. The number of allylic oxidation sites excluding steroid dienone is 6. The van der Waals surface area contributed by atoms with E-state index in [4.69, 9.17) is 0 Å². The van der Waals surface area contributed by atoms with Crippen LogP contribution in [0, 0.1) is 29.1 Å². The Hall–Kier alpha value is -1.48. The van der Waals surface area contributed by atoms with Crippen LogP contribution in [0.15, 0.2) is 34.9 Å². The molecule has 3 rings (SSSR count). The first-order valence-corrected chi connectivity index (χ1v) is 10.9. The minimum absolute atomic E-state index is 0.00687. The van der Waals surface area contributed by atoms with E-state index in [2.05, 4.69) is 33.8 Å². The summed E-state index contributed by atoms with van der Waals surface area (Å²) in [5, 5.41) is 11.8. The third-order valence-corrected chi connectivity index (χ3v) is 7.98. The van der Waals surface area contributed by atoms with Gasteiger partial charge in [0, 0.05) is 0 Å². The van der Waals surface area contributed by atoms with Gasteiger partial charge in [0.05, 0.1) is 11.5 Å². The van der Waals surface area contributed by atoms with Crippen molar-refractivity contribution in [2.45, 2.75) is 78.7 Å². The number of fused-ring (bicyclic) bond motifs is 2. The predicted molar refractivity (Wildman–Crippen MR) is 113 cm³/mol. The molecule has 0 unspecified atom stereocenters. The zero-order chi connectivity index (χ0) is 20.7. The molecule has 0 spiro atoms. The molecule has 154 valence electrons. The fourth-order valence-electron chi connectivity index (χ4n) is 6.19. The van der Waals surface area contributed by atoms with Gasteiger partial charge in [-0.2, -0.15) is 0 Å². The van der Waals surface area contributed by atoms with E-state index in [-0.39, 0.29) is 34.9 Å². The van der Waals surface area contributed by atoms with Crippen molar-refractivity contribution in [3.63, 3.8) is 0 Å². The van der Waals surface area contributed by atoms with E-state index >= 15 is 0 Å². The van der Waals surface area contributed by atoms with Crippen LogP contribution in [0.3, 0.4) is 0 Å². The van der Waals surface area contributed by atoms with Crippen molar-refractivity contribution in [1.29, 1.82) is 0 Å². The van der Waals surface area contributed by atoms with Crippen LogP contribution >= 0.6 is 0 Å². The Kier molecular flexibility index (Phi) is 5.87. The first-order chi connectivity index (χ1) is 13.1. The molecule has 0 amide bonds. The lowest BCUT2D eigenvalue weighted by Gasteiger charge is -2.44. The Morgan fingerprint density at radius 3 is 2.71 bits per heavy atom. The Morgan fingerprint density at radius 2 is 2.07 bits per heavy atom. The molecule has 28 heavy (non-hydrogen) atoms. The van der Waals surface area contributed by atoms with E-state index in [0.29, 0.717) is 12.0 Å². The van der Waals surface area contributed by atoms with Crippen molar-refractivity contribution in [1.82, 2.24) is 0 Å². The zero-order valence-electron chi connectivity index (χ0n) is 18.1. The number of rotatable bonds is 5. The molecular weight excluding hydrogens is 348 g/mol. The van der Waals surface area contributed by atoms with Gasteiger partial charge in [-0.3, -0.25) is 9.59 Å². The summed E-state index contributed by atoms with van der Waals surface area (Å²) in [5.41, 5.74) is 2.32. The monoisotopic (exact) mass is 384 g/mol. The summed E-state index contributed by atoms with van der Waals surface area (Å²) in [6.45, 7) is 10.7. The summed E-state index contributed by atoms with van der Waals surface area (Å²) < 4.78 is 0. The summed E-state index contributed by atoms with van der Waals surface area (Å²) >= 11 is 0. The molecule has 0 aromatic rings. The van der Waals surface area contributed by atoms with Crippen LogP contribution in [0.5, 0.6) is 0 Å². The van der Waals surface area contributed by atoms with Crippen LogP contribution in [0.25, 0.3) is 0 Å². The number of ketones is 1. The molecule has 3 aliphatic rings. The molecule has 1 saturated carbocycles. The van der Waals surface area contributed by atoms with Crippen LogP contribution in [-0.2, 0) is 9.59 Å². The first kappa shape index (κ1) is 21.2. The minimum Gasteiger partial charge on any atom is -0.389 e. The standard InChI is InChI=1S/C25H36O3/c1-16(2)7-6-8-18(4)25(28)12-11-24(5)14-20-17(3)13-21(27)23(20)19(15-26)9-10-22(24)25/h7,9,13,15,18,20,22-23,28H,6,8,10-12,14H2,1-5H3/t18-,20+,22+,23-,24+,25-/m0/s1. The topological polar surface area (TPSA) is 54.4 Å². The van der Waals surface area contributed by atoms with Crippen LogP contribution < -0.4 is 0 Å². The lowest BCUT2D eigenvalue weighted by Crippen LogP contribution is -2.45. The van der Waals surface area contributed by atoms with Crippen molar-refractivity contribution < 1.29 is 14.7 Å². The Bertz CT molecular complexity index is 739. The number of aliphatic hydroxyl groups is 1. The van der Waals surface area contributed by atoms with E-state index in [1.807, 2.05) is 13.0 Å². The molecule has 3 aliphatic carbocycles. The number of aldehydes is 1. The molecule has 0 aliphatic heterocycles. The molecule has 0 aromatic heterocycles. The van der Waals surface area contributed by atoms with Crippen LogP contribution in [0.4, 0.5) is 0 Å². The van der Waals surface area contributed by atoms with Crippen LogP contribution in [0.2, 0.25) is 0 Å². The molecular formula is C25H36O3. The maximum atomic E-state index is 12.5. The van der Waals surface area contributed by atoms with Crippen LogP contribution in [0.1, 0.15) is 73.1 Å². The minimum atomic E-state index is -0.707. The molecule has 0 aromatic carbocycles. The number of hydrogen-bond donors (Lipinski definition) is 1. The number of carbonyl (C=O) groups is 2. The number of carbonyl (C=O) groups excluding carboxylic acids is 2. The second-order valence-electron chi connectivity index (χ2n) is 10.1. The Labute approximate surface area is 170 Å². The van der Waals surface area contributed by atoms with Gasteiger partial charge in [-0.15, -0.1) is 0 Å². The third-order valence-electron chi connectivity index (χ3n) is 7.98. The average Bonchev–Trinajstić information content (AvgIpc) is 3.02. The van der Waals surface area contributed by atoms with Gasteiger partial charge in [-0.05, 0) is 94.1 Å². The van der Waals surface area contributed by atoms with E-state index in [1.165, 1.54) is 5.57 Å². The van der Waals surface area contributed by atoms with E-state index in [0.717, 1.165) is 44.0 Å². The van der Waals surface area contributed by atoms with Crippen molar-refractivity contribution in [2.75, 3.05) is 0 Å².